The van der Waals surface area contributed by atoms with Crippen LogP contribution in [0.2, 0.25) is 0 Å². The van der Waals surface area contributed by atoms with Crippen molar-refractivity contribution >= 4 is 0 Å². The average Bonchev–Trinajstić information content (AvgIpc) is 2.90. The Bertz CT molecular complexity index is 344. The van der Waals surface area contributed by atoms with Crippen LogP contribution < -0.4 is 10.5 Å². The van der Waals surface area contributed by atoms with Crippen LogP contribution in [0.25, 0.3) is 0 Å². The lowest BCUT2D eigenvalue weighted by Crippen LogP contribution is -2.25. The van der Waals surface area contributed by atoms with Crippen LogP contribution in [0.4, 0.5) is 0 Å². The standard InChI is InChI=1S/C15H24N2O/c1-13(8-11-17-9-2-3-10-17)18-15-6-4-14(12-16)5-7-15/h4-7,13H,2-3,8-12,16H2,1H3. The molecule has 0 amide bonds. The summed E-state index contributed by atoms with van der Waals surface area (Å²) < 4.78 is 5.91. The molecule has 0 aromatic heterocycles. The number of rotatable bonds is 6. The van der Waals surface area contributed by atoms with E-state index in [-0.39, 0.29) is 6.10 Å². The van der Waals surface area contributed by atoms with Gasteiger partial charge in [-0.15, -0.1) is 0 Å². The van der Waals surface area contributed by atoms with Gasteiger partial charge >= 0.3 is 0 Å². The van der Waals surface area contributed by atoms with Gasteiger partial charge in [0.15, 0.2) is 0 Å². The third-order valence-corrected chi connectivity index (χ3v) is 3.55. The summed E-state index contributed by atoms with van der Waals surface area (Å²) in [7, 11) is 0. The third kappa shape index (κ3) is 4.00. The summed E-state index contributed by atoms with van der Waals surface area (Å²) in [4.78, 5) is 2.53. The van der Waals surface area contributed by atoms with Crippen LogP contribution in [0, 0.1) is 0 Å². The van der Waals surface area contributed by atoms with E-state index in [1.54, 1.807) is 0 Å². The van der Waals surface area contributed by atoms with Gasteiger partial charge in [-0.05, 0) is 57.0 Å². The lowest BCUT2D eigenvalue weighted by Gasteiger charge is -2.19. The number of nitrogens with zero attached hydrogens (tertiary/aromatic N) is 1. The van der Waals surface area contributed by atoms with E-state index >= 15 is 0 Å². The van der Waals surface area contributed by atoms with Crippen LogP contribution >= 0.6 is 0 Å². The van der Waals surface area contributed by atoms with Crippen molar-refractivity contribution in [2.45, 2.75) is 38.8 Å². The lowest BCUT2D eigenvalue weighted by atomic mass is 10.2. The second-order valence-electron chi connectivity index (χ2n) is 5.11. The summed E-state index contributed by atoms with van der Waals surface area (Å²) in [5.41, 5.74) is 6.72. The minimum Gasteiger partial charge on any atom is -0.491 e. The van der Waals surface area contributed by atoms with E-state index < -0.39 is 0 Å². The minimum atomic E-state index is 0.273. The van der Waals surface area contributed by atoms with E-state index in [2.05, 4.69) is 11.8 Å². The van der Waals surface area contributed by atoms with E-state index in [9.17, 15) is 0 Å². The van der Waals surface area contributed by atoms with Crippen LogP contribution in [-0.4, -0.2) is 30.6 Å². The van der Waals surface area contributed by atoms with E-state index in [0.717, 1.165) is 24.3 Å². The van der Waals surface area contributed by atoms with E-state index in [1.807, 2.05) is 24.3 Å². The minimum absolute atomic E-state index is 0.273. The Balaban J connectivity index is 1.73. The molecule has 3 nitrogen and oxygen atoms in total. The number of likely N-dealkylation sites (tertiary alicyclic amines) is 1. The van der Waals surface area contributed by atoms with Crippen LogP contribution in [-0.2, 0) is 6.54 Å². The first-order valence-electron chi connectivity index (χ1n) is 6.96. The summed E-state index contributed by atoms with van der Waals surface area (Å²) in [6.45, 7) is 6.41. The molecule has 1 aliphatic rings. The molecule has 0 bridgehead atoms. The smallest absolute Gasteiger partial charge is 0.119 e. The Morgan fingerprint density at radius 1 is 1.22 bits per heavy atom. The zero-order valence-electron chi connectivity index (χ0n) is 11.3. The molecular weight excluding hydrogens is 224 g/mol. The first-order valence-corrected chi connectivity index (χ1v) is 6.96. The topological polar surface area (TPSA) is 38.5 Å². The van der Waals surface area contributed by atoms with E-state index in [4.69, 9.17) is 10.5 Å². The number of hydrogen-bond donors (Lipinski definition) is 1. The molecular formula is C15H24N2O. The molecule has 2 rings (SSSR count). The molecule has 2 N–H and O–H groups in total. The summed E-state index contributed by atoms with van der Waals surface area (Å²) in [5, 5.41) is 0. The van der Waals surface area contributed by atoms with Crippen LogP contribution in [0.15, 0.2) is 24.3 Å². The highest BCUT2D eigenvalue weighted by Crippen LogP contribution is 2.15. The van der Waals surface area contributed by atoms with Crippen LogP contribution in [0.5, 0.6) is 5.75 Å². The Morgan fingerprint density at radius 3 is 2.50 bits per heavy atom. The maximum Gasteiger partial charge on any atom is 0.119 e. The predicted molar refractivity (Wildman–Crippen MR) is 74.7 cm³/mol. The van der Waals surface area contributed by atoms with Gasteiger partial charge in [0, 0.05) is 13.1 Å². The molecule has 0 radical (unpaired) electrons. The van der Waals surface area contributed by atoms with Crippen molar-refractivity contribution in [3.63, 3.8) is 0 Å². The Kier molecular flexibility index (Phi) is 5.02. The fourth-order valence-electron chi connectivity index (χ4n) is 2.37. The van der Waals surface area contributed by atoms with Gasteiger partial charge in [-0.3, -0.25) is 0 Å². The number of ether oxygens (including phenoxy) is 1. The normalized spacial score (nSPS) is 17.9. The van der Waals surface area contributed by atoms with Crippen molar-refractivity contribution in [3.8, 4) is 5.75 Å². The first-order chi connectivity index (χ1) is 8.78. The number of benzene rings is 1. The highest BCUT2D eigenvalue weighted by Gasteiger charge is 2.13. The molecule has 0 aliphatic carbocycles. The molecule has 1 aromatic rings. The lowest BCUT2D eigenvalue weighted by molar-refractivity contribution is 0.187. The van der Waals surface area contributed by atoms with Gasteiger partial charge in [-0.1, -0.05) is 12.1 Å². The second-order valence-corrected chi connectivity index (χ2v) is 5.11. The molecule has 1 unspecified atom stereocenters. The first kappa shape index (κ1) is 13.4. The molecule has 1 saturated heterocycles. The predicted octanol–water partition coefficient (Wildman–Crippen LogP) is 2.40. The highest BCUT2D eigenvalue weighted by atomic mass is 16.5. The summed E-state index contributed by atoms with van der Waals surface area (Å²) in [5.74, 6) is 0.945. The summed E-state index contributed by atoms with van der Waals surface area (Å²) in [6, 6.07) is 8.08. The Labute approximate surface area is 110 Å². The van der Waals surface area contributed by atoms with Crippen molar-refractivity contribution in [2.75, 3.05) is 19.6 Å². The zero-order valence-corrected chi connectivity index (χ0v) is 11.3. The maximum atomic E-state index is 5.91. The molecule has 1 fully saturated rings. The number of hydrogen-bond acceptors (Lipinski definition) is 3. The van der Waals surface area contributed by atoms with E-state index in [1.165, 1.54) is 25.9 Å². The Morgan fingerprint density at radius 2 is 1.89 bits per heavy atom. The average molecular weight is 248 g/mol. The van der Waals surface area contributed by atoms with Gasteiger partial charge < -0.3 is 15.4 Å². The van der Waals surface area contributed by atoms with Gasteiger partial charge in [-0.2, -0.15) is 0 Å². The van der Waals surface area contributed by atoms with E-state index in [0.29, 0.717) is 6.54 Å². The van der Waals surface area contributed by atoms with Crippen molar-refractivity contribution in [2.24, 2.45) is 5.73 Å². The molecule has 3 heteroatoms. The third-order valence-electron chi connectivity index (χ3n) is 3.55. The molecule has 1 aliphatic heterocycles. The largest absolute Gasteiger partial charge is 0.491 e. The fourth-order valence-corrected chi connectivity index (χ4v) is 2.37. The molecule has 1 aromatic carbocycles. The van der Waals surface area contributed by atoms with Crippen LogP contribution in [0.3, 0.4) is 0 Å². The Hall–Kier alpha value is -1.06. The maximum absolute atomic E-state index is 5.91. The second kappa shape index (κ2) is 6.76. The summed E-state index contributed by atoms with van der Waals surface area (Å²) in [6.07, 6.45) is 4.08. The molecule has 100 valence electrons. The van der Waals surface area contributed by atoms with Gasteiger partial charge in [0.25, 0.3) is 0 Å². The fraction of sp³-hybridized carbons (Fsp3) is 0.600. The molecule has 1 atom stereocenters. The summed E-state index contributed by atoms with van der Waals surface area (Å²) >= 11 is 0. The monoisotopic (exact) mass is 248 g/mol. The molecule has 1 heterocycles. The highest BCUT2D eigenvalue weighted by molar-refractivity contribution is 5.27. The van der Waals surface area contributed by atoms with Gasteiger partial charge in [-0.25, -0.2) is 0 Å². The molecule has 18 heavy (non-hydrogen) atoms. The van der Waals surface area contributed by atoms with Gasteiger partial charge in [0.1, 0.15) is 5.75 Å². The van der Waals surface area contributed by atoms with Gasteiger partial charge in [0.2, 0.25) is 0 Å². The van der Waals surface area contributed by atoms with Crippen molar-refractivity contribution in [3.05, 3.63) is 29.8 Å². The van der Waals surface area contributed by atoms with Crippen LogP contribution in [0.1, 0.15) is 31.7 Å². The quantitative estimate of drug-likeness (QED) is 0.840. The van der Waals surface area contributed by atoms with Crippen molar-refractivity contribution in [1.29, 1.82) is 0 Å². The number of nitrogens with two attached hydrogens (primary N) is 1. The van der Waals surface area contributed by atoms with Crippen molar-refractivity contribution in [1.82, 2.24) is 4.90 Å². The zero-order chi connectivity index (χ0) is 12.8. The molecule has 0 saturated carbocycles. The SMILES string of the molecule is CC(CCN1CCCC1)Oc1ccc(CN)cc1. The van der Waals surface area contributed by atoms with Crippen molar-refractivity contribution < 1.29 is 4.74 Å². The molecule has 0 spiro atoms. The van der Waals surface area contributed by atoms with Gasteiger partial charge in [0.05, 0.1) is 6.10 Å².